The lowest BCUT2D eigenvalue weighted by Crippen LogP contribution is -2.43. The molecular formula is C17H24N4. The van der Waals surface area contributed by atoms with Crippen LogP contribution in [-0.4, -0.2) is 15.8 Å². The lowest BCUT2D eigenvalue weighted by atomic mass is 9.79. The molecule has 1 aromatic carbocycles. The van der Waals surface area contributed by atoms with Gasteiger partial charge in [-0.25, -0.2) is 0 Å². The van der Waals surface area contributed by atoms with Gasteiger partial charge in [0, 0.05) is 19.3 Å². The maximum atomic E-state index is 5.82. The highest BCUT2D eigenvalue weighted by atomic mass is 15.2. The zero-order chi connectivity index (χ0) is 14.7. The van der Waals surface area contributed by atoms with Crippen molar-refractivity contribution in [3.05, 3.63) is 53.3 Å². The topological polar surface area (TPSA) is 55.9 Å². The highest BCUT2D eigenvalue weighted by Gasteiger charge is 2.25. The summed E-state index contributed by atoms with van der Waals surface area (Å²) < 4.78 is 1.86. The Bertz CT molecular complexity index is 590. The Morgan fingerprint density at radius 2 is 2.19 bits per heavy atom. The van der Waals surface area contributed by atoms with Crippen LogP contribution in [0.1, 0.15) is 29.5 Å². The number of nitrogens with one attached hydrogen (secondary N) is 1. The summed E-state index contributed by atoms with van der Waals surface area (Å²) in [5, 5.41) is 4.23. The molecule has 0 aliphatic heterocycles. The third kappa shape index (κ3) is 3.34. The van der Waals surface area contributed by atoms with Crippen molar-refractivity contribution in [3.63, 3.8) is 0 Å². The van der Waals surface area contributed by atoms with Gasteiger partial charge in [0.2, 0.25) is 0 Å². The Kier molecular flexibility index (Phi) is 4.36. The molecule has 0 spiro atoms. The van der Waals surface area contributed by atoms with E-state index in [1.807, 2.05) is 17.9 Å². The van der Waals surface area contributed by atoms with E-state index in [2.05, 4.69) is 41.0 Å². The molecule has 0 fully saturated rings. The minimum atomic E-state index is 0.374. The Hall–Kier alpha value is -1.65. The molecule has 0 radical (unpaired) electrons. The van der Waals surface area contributed by atoms with Gasteiger partial charge >= 0.3 is 0 Å². The standard InChI is InChI=1S/C17H24N4/c1-21-12-13(11-19-21)6-9-17(20-18)16-8-7-14-4-2-3-5-15(14)10-16/h2-5,11-12,16-17,20H,6-10,18H2,1H3. The second kappa shape index (κ2) is 6.41. The van der Waals surface area contributed by atoms with Crippen molar-refractivity contribution >= 4 is 0 Å². The Morgan fingerprint density at radius 3 is 2.90 bits per heavy atom. The molecule has 2 atom stereocenters. The van der Waals surface area contributed by atoms with Gasteiger partial charge in [0.25, 0.3) is 0 Å². The molecule has 2 aromatic rings. The largest absolute Gasteiger partial charge is 0.276 e. The molecule has 2 unspecified atom stereocenters. The summed E-state index contributed by atoms with van der Waals surface area (Å²) in [7, 11) is 1.96. The van der Waals surface area contributed by atoms with Crippen LogP contribution in [-0.2, 0) is 26.3 Å². The quantitative estimate of drug-likeness (QED) is 0.652. The van der Waals surface area contributed by atoms with Crippen LogP contribution < -0.4 is 11.3 Å². The molecule has 112 valence electrons. The zero-order valence-corrected chi connectivity index (χ0v) is 12.6. The van der Waals surface area contributed by atoms with Crippen LogP contribution in [0.3, 0.4) is 0 Å². The number of hydrogen-bond acceptors (Lipinski definition) is 3. The molecule has 0 bridgehead atoms. The second-order valence-corrected chi connectivity index (χ2v) is 6.11. The number of benzene rings is 1. The highest BCUT2D eigenvalue weighted by molar-refractivity contribution is 5.30. The van der Waals surface area contributed by atoms with Crippen molar-refractivity contribution in [2.24, 2.45) is 18.8 Å². The number of nitrogens with zero attached hydrogens (tertiary/aromatic N) is 2. The lowest BCUT2D eigenvalue weighted by molar-refractivity contribution is 0.308. The van der Waals surface area contributed by atoms with E-state index in [1.165, 1.54) is 29.5 Å². The minimum Gasteiger partial charge on any atom is -0.276 e. The molecule has 3 rings (SSSR count). The first-order chi connectivity index (χ1) is 10.3. The summed E-state index contributed by atoms with van der Waals surface area (Å²) in [4.78, 5) is 0. The number of aromatic nitrogens is 2. The first kappa shape index (κ1) is 14.3. The van der Waals surface area contributed by atoms with Gasteiger partial charge in [-0.2, -0.15) is 5.10 Å². The van der Waals surface area contributed by atoms with Gasteiger partial charge in [-0.1, -0.05) is 24.3 Å². The fourth-order valence-corrected chi connectivity index (χ4v) is 3.45. The van der Waals surface area contributed by atoms with Crippen LogP contribution in [0, 0.1) is 5.92 Å². The molecular weight excluding hydrogens is 260 g/mol. The van der Waals surface area contributed by atoms with Crippen LogP contribution in [0.25, 0.3) is 0 Å². The molecule has 0 saturated heterocycles. The van der Waals surface area contributed by atoms with E-state index in [-0.39, 0.29) is 0 Å². The molecule has 3 N–H and O–H groups in total. The highest BCUT2D eigenvalue weighted by Crippen LogP contribution is 2.28. The van der Waals surface area contributed by atoms with E-state index in [9.17, 15) is 0 Å². The first-order valence-electron chi connectivity index (χ1n) is 7.76. The fraction of sp³-hybridized carbons (Fsp3) is 0.471. The number of hydrazine groups is 1. The van der Waals surface area contributed by atoms with E-state index in [1.54, 1.807) is 0 Å². The Morgan fingerprint density at radius 1 is 1.38 bits per heavy atom. The molecule has 1 aliphatic carbocycles. The lowest BCUT2D eigenvalue weighted by Gasteiger charge is -2.31. The van der Waals surface area contributed by atoms with Gasteiger partial charge < -0.3 is 0 Å². The molecule has 21 heavy (non-hydrogen) atoms. The monoisotopic (exact) mass is 284 g/mol. The Labute approximate surface area is 126 Å². The number of nitrogens with two attached hydrogens (primary N) is 1. The third-order valence-electron chi connectivity index (χ3n) is 4.67. The molecule has 1 aliphatic rings. The molecule has 1 heterocycles. The summed E-state index contributed by atoms with van der Waals surface area (Å²) in [5.41, 5.74) is 7.35. The van der Waals surface area contributed by atoms with Crippen LogP contribution in [0.2, 0.25) is 0 Å². The van der Waals surface area contributed by atoms with Crippen molar-refractivity contribution in [2.45, 2.75) is 38.1 Å². The van der Waals surface area contributed by atoms with Crippen molar-refractivity contribution in [1.29, 1.82) is 0 Å². The number of rotatable bonds is 5. The summed E-state index contributed by atoms with van der Waals surface area (Å²) in [6, 6.07) is 9.17. The van der Waals surface area contributed by atoms with Gasteiger partial charge in [0.15, 0.2) is 0 Å². The second-order valence-electron chi connectivity index (χ2n) is 6.11. The van der Waals surface area contributed by atoms with Crippen molar-refractivity contribution in [3.8, 4) is 0 Å². The normalized spacial score (nSPS) is 19.2. The summed E-state index contributed by atoms with van der Waals surface area (Å²) in [6.45, 7) is 0. The van der Waals surface area contributed by atoms with Gasteiger partial charge in [-0.3, -0.25) is 16.0 Å². The van der Waals surface area contributed by atoms with Gasteiger partial charge in [-0.05, 0) is 54.7 Å². The van der Waals surface area contributed by atoms with Crippen LogP contribution >= 0.6 is 0 Å². The third-order valence-corrected chi connectivity index (χ3v) is 4.67. The summed E-state index contributed by atoms with van der Waals surface area (Å²) >= 11 is 0. The van der Waals surface area contributed by atoms with Gasteiger partial charge in [0.05, 0.1) is 6.20 Å². The number of aryl methyl sites for hydroxylation is 3. The molecule has 4 nitrogen and oxygen atoms in total. The number of fused-ring (bicyclic) bond motifs is 1. The zero-order valence-electron chi connectivity index (χ0n) is 12.6. The van der Waals surface area contributed by atoms with E-state index in [4.69, 9.17) is 5.84 Å². The average Bonchev–Trinajstić information content (AvgIpc) is 2.93. The van der Waals surface area contributed by atoms with Crippen molar-refractivity contribution < 1.29 is 0 Å². The summed E-state index contributed by atoms with van der Waals surface area (Å²) in [6.07, 6.45) is 9.66. The first-order valence-corrected chi connectivity index (χ1v) is 7.76. The molecule has 0 saturated carbocycles. The molecule has 1 aromatic heterocycles. The smallest absolute Gasteiger partial charge is 0.0521 e. The summed E-state index contributed by atoms with van der Waals surface area (Å²) in [5.74, 6) is 6.45. The van der Waals surface area contributed by atoms with E-state index in [0.29, 0.717) is 12.0 Å². The van der Waals surface area contributed by atoms with Crippen molar-refractivity contribution in [2.75, 3.05) is 0 Å². The Balaban J connectivity index is 1.62. The predicted octanol–water partition coefficient (Wildman–Crippen LogP) is 1.99. The fourth-order valence-electron chi connectivity index (χ4n) is 3.45. The SMILES string of the molecule is Cn1cc(CCC(NN)C2CCc3ccccc3C2)cn1. The van der Waals surface area contributed by atoms with Crippen LogP contribution in [0.15, 0.2) is 36.7 Å². The van der Waals surface area contributed by atoms with Crippen LogP contribution in [0.5, 0.6) is 0 Å². The number of hydrogen-bond donors (Lipinski definition) is 2. The van der Waals surface area contributed by atoms with Crippen LogP contribution in [0.4, 0.5) is 0 Å². The molecule has 4 heteroatoms. The van der Waals surface area contributed by atoms with Gasteiger partial charge in [0.1, 0.15) is 0 Å². The molecule has 0 amide bonds. The minimum absolute atomic E-state index is 0.374. The van der Waals surface area contributed by atoms with E-state index >= 15 is 0 Å². The average molecular weight is 284 g/mol. The maximum absolute atomic E-state index is 5.82. The van der Waals surface area contributed by atoms with E-state index < -0.39 is 0 Å². The predicted molar refractivity (Wildman–Crippen MR) is 84.6 cm³/mol. The van der Waals surface area contributed by atoms with Gasteiger partial charge in [-0.15, -0.1) is 0 Å². The maximum Gasteiger partial charge on any atom is 0.0521 e. The van der Waals surface area contributed by atoms with Crippen molar-refractivity contribution in [1.82, 2.24) is 15.2 Å². The van der Waals surface area contributed by atoms with E-state index in [0.717, 1.165) is 19.3 Å².